The molecule has 1 aromatic carbocycles. The molecule has 0 spiro atoms. The largest absolute Gasteiger partial charge is 0.506 e. The number of hydrogen-bond donors (Lipinski definition) is 1. The molecular formula is C11H10ClNO2. The Balaban J connectivity index is 2.93. The van der Waals surface area contributed by atoms with Gasteiger partial charge in [0.15, 0.2) is 0 Å². The second-order valence-corrected chi connectivity index (χ2v) is 3.44. The molecule has 0 unspecified atom stereocenters. The van der Waals surface area contributed by atoms with Crippen LogP contribution in [0.4, 0.5) is 0 Å². The topological polar surface area (TPSA) is 40.5 Å². The normalized spacial score (nSPS) is 9.40. The Morgan fingerprint density at radius 1 is 1.67 bits per heavy atom. The first-order valence-corrected chi connectivity index (χ1v) is 4.61. The van der Waals surface area contributed by atoms with Gasteiger partial charge in [-0.2, -0.15) is 0 Å². The van der Waals surface area contributed by atoms with Crippen LogP contribution in [0.15, 0.2) is 18.2 Å². The van der Waals surface area contributed by atoms with Crippen LogP contribution in [0.1, 0.15) is 10.4 Å². The molecule has 0 saturated carbocycles. The molecule has 0 aliphatic rings. The van der Waals surface area contributed by atoms with E-state index in [1.54, 1.807) is 7.05 Å². The number of phenols is 1. The highest BCUT2D eigenvalue weighted by atomic mass is 35.5. The molecule has 0 saturated heterocycles. The third-order valence-corrected chi connectivity index (χ3v) is 2.17. The number of rotatable bonds is 2. The molecular weight excluding hydrogens is 214 g/mol. The number of terminal acetylenes is 1. The van der Waals surface area contributed by atoms with Crippen molar-refractivity contribution in [3.05, 3.63) is 28.8 Å². The molecule has 1 N–H and O–H groups in total. The Bertz CT molecular complexity index is 423. The number of amides is 1. The maximum Gasteiger partial charge on any atom is 0.254 e. The average molecular weight is 224 g/mol. The number of carbonyl (C=O) groups is 1. The van der Waals surface area contributed by atoms with Gasteiger partial charge in [0.2, 0.25) is 0 Å². The first-order valence-electron chi connectivity index (χ1n) is 4.23. The van der Waals surface area contributed by atoms with Gasteiger partial charge in [0.05, 0.1) is 11.6 Å². The van der Waals surface area contributed by atoms with Gasteiger partial charge in [-0.05, 0) is 18.2 Å². The van der Waals surface area contributed by atoms with Gasteiger partial charge < -0.3 is 10.0 Å². The molecule has 0 aliphatic heterocycles. The maximum atomic E-state index is 11.7. The Hall–Kier alpha value is -1.66. The minimum absolute atomic E-state index is 0.0483. The number of hydrogen-bond acceptors (Lipinski definition) is 2. The summed E-state index contributed by atoms with van der Waals surface area (Å²) in [5, 5.41) is 9.33. The molecule has 0 bridgehead atoms. The highest BCUT2D eigenvalue weighted by Crippen LogP contribution is 2.23. The van der Waals surface area contributed by atoms with Gasteiger partial charge in [0.25, 0.3) is 5.91 Å². The van der Waals surface area contributed by atoms with Gasteiger partial charge in [-0.25, -0.2) is 0 Å². The van der Waals surface area contributed by atoms with E-state index >= 15 is 0 Å². The van der Waals surface area contributed by atoms with Crippen LogP contribution in [0.5, 0.6) is 5.75 Å². The zero-order chi connectivity index (χ0) is 11.4. The Morgan fingerprint density at radius 2 is 2.33 bits per heavy atom. The van der Waals surface area contributed by atoms with Crippen molar-refractivity contribution in [2.75, 3.05) is 13.6 Å². The Labute approximate surface area is 93.3 Å². The summed E-state index contributed by atoms with van der Waals surface area (Å²) in [4.78, 5) is 13.1. The van der Waals surface area contributed by atoms with E-state index in [4.69, 9.17) is 18.0 Å². The predicted octanol–water partition coefficient (Wildman–Crippen LogP) is 1.75. The van der Waals surface area contributed by atoms with E-state index in [0.29, 0.717) is 5.56 Å². The van der Waals surface area contributed by atoms with Crippen LogP contribution in [0, 0.1) is 12.3 Å². The third-order valence-electron chi connectivity index (χ3n) is 1.87. The number of carbonyl (C=O) groups excluding carboxylic acids is 1. The molecule has 1 amide bonds. The highest BCUT2D eigenvalue weighted by molar-refractivity contribution is 6.32. The second kappa shape index (κ2) is 4.72. The van der Waals surface area contributed by atoms with E-state index in [1.165, 1.54) is 23.1 Å². The lowest BCUT2D eigenvalue weighted by molar-refractivity contribution is 0.0812. The second-order valence-electron chi connectivity index (χ2n) is 3.03. The highest BCUT2D eigenvalue weighted by Gasteiger charge is 2.11. The minimum atomic E-state index is -0.227. The van der Waals surface area contributed by atoms with Crippen molar-refractivity contribution in [1.82, 2.24) is 4.90 Å². The Kier molecular flexibility index (Phi) is 3.59. The number of benzene rings is 1. The van der Waals surface area contributed by atoms with Gasteiger partial charge >= 0.3 is 0 Å². The molecule has 0 atom stereocenters. The average Bonchev–Trinajstić information content (AvgIpc) is 2.21. The molecule has 0 heterocycles. The maximum absolute atomic E-state index is 11.7. The molecule has 1 aromatic rings. The molecule has 78 valence electrons. The lowest BCUT2D eigenvalue weighted by Crippen LogP contribution is -2.26. The summed E-state index contributed by atoms with van der Waals surface area (Å²) in [5.41, 5.74) is 0.399. The van der Waals surface area contributed by atoms with E-state index < -0.39 is 0 Å². The number of nitrogens with zero attached hydrogens (tertiary/aromatic N) is 1. The summed E-state index contributed by atoms with van der Waals surface area (Å²) in [5.74, 6) is 2.09. The van der Waals surface area contributed by atoms with Gasteiger partial charge in [0.1, 0.15) is 5.75 Å². The van der Waals surface area contributed by atoms with Crippen LogP contribution in [0.25, 0.3) is 0 Å². The molecule has 3 nitrogen and oxygen atoms in total. The lowest BCUT2D eigenvalue weighted by Gasteiger charge is -2.13. The van der Waals surface area contributed by atoms with Crippen molar-refractivity contribution in [3.63, 3.8) is 0 Å². The molecule has 0 aromatic heterocycles. The van der Waals surface area contributed by atoms with Crippen molar-refractivity contribution < 1.29 is 9.90 Å². The monoisotopic (exact) mass is 223 g/mol. The fourth-order valence-electron chi connectivity index (χ4n) is 1.07. The summed E-state index contributed by atoms with van der Waals surface area (Å²) >= 11 is 5.68. The molecule has 0 fully saturated rings. The van der Waals surface area contributed by atoms with Crippen molar-refractivity contribution in [3.8, 4) is 18.1 Å². The van der Waals surface area contributed by atoms with Gasteiger partial charge in [-0.3, -0.25) is 4.79 Å². The summed E-state index contributed by atoms with van der Waals surface area (Å²) < 4.78 is 0. The summed E-state index contributed by atoms with van der Waals surface area (Å²) in [7, 11) is 1.60. The van der Waals surface area contributed by atoms with Crippen molar-refractivity contribution in [2.45, 2.75) is 0 Å². The first kappa shape index (κ1) is 11.4. The van der Waals surface area contributed by atoms with E-state index in [0.717, 1.165) is 0 Å². The molecule has 0 aliphatic carbocycles. The van der Waals surface area contributed by atoms with Crippen molar-refractivity contribution in [2.24, 2.45) is 0 Å². The lowest BCUT2D eigenvalue weighted by atomic mass is 10.2. The molecule has 0 radical (unpaired) electrons. The summed E-state index contributed by atoms with van der Waals surface area (Å²) in [6.07, 6.45) is 5.09. The molecule has 15 heavy (non-hydrogen) atoms. The third kappa shape index (κ3) is 2.64. The zero-order valence-corrected chi connectivity index (χ0v) is 8.95. The van der Waals surface area contributed by atoms with Crippen LogP contribution < -0.4 is 0 Å². The van der Waals surface area contributed by atoms with E-state index in [1.807, 2.05) is 0 Å². The quantitative estimate of drug-likeness (QED) is 0.776. The minimum Gasteiger partial charge on any atom is -0.506 e. The predicted molar refractivity (Wildman–Crippen MR) is 58.9 cm³/mol. The van der Waals surface area contributed by atoms with E-state index in [-0.39, 0.29) is 23.2 Å². The standard InChI is InChI=1S/C11H10ClNO2/c1-3-6-13(2)11(15)8-4-5-10(14)9(12)7-8/h1,4-5,7,14H,6H2,2H3. The van der Waals surface area contributed by atoms with Gasteiger partial charge in [-0.15, -0.1) is 6.42 Å². The van der Waals surface area contributed by atoms with Gasteiger partial charge in [0, 0.05) is 12.6 Å². The van der Waals surface area contributed by atoms with Crippen LogP contribution >= 0.6 is 11.6 Å². The summed E-state index contributed by atoms with van der Waals surface area (Å²) in [6.45, 7) is 0.233. The van der Waals surface area contributed by atoms with Crippen LogP contribution in [0.2, 0.25) is 5.02 Å². The smallest absolute Gasteiger partial charge is 0.254 e. The molecule has 1 rings (SSSR count). The Morgan fingerprint density at radius 3 is 2.87 bits per heavy atom. The number of aromatic hydroxyl groups is 1. The first-order chi connectivity index (χ1) is 7.06. The zero-order valence-electron chi connectivity index (χ0n) is 8.20. The van der Waals surface area contributed by atoms with Crippen LogP contribution in [0.3, 0.4) is 0 Å². The van der Waals surface area contributed by atoms with Crippen molar-refractivity contribution in [1.29, 1.82) is 0 Å². The van der Waals surface area contributed by atoms with Crippen LogP contribution in [-0.4, -0.2) is 29.5 Å². The number of phenolic OH excluding ortho intramolecular Hbond substituents is 1. The SMILES string of the molecule is C#CCN(C)C(=O)c1ccc(O)c(Cl)c1. The van der Waals surface area contributed by atoms with E-state index in [9.17, 15) is 9.90 Å². The van der Waals surface area contributed by atoms with E-state index in [2.05, 4.69) is 5.92 Å². The fourth-order valence-corrected chi connectivity index (χ4v) is 1.25. The van der Waals surface area contributed by atoms with Crippen LogP contribution in [-0.2, 0) is 0 Å². The van der Waals surface area contributed by atoms with Crippen molar-refractivity contribution >= 4 is 17.5 Å². The number of halogens is 1. The van der Waals surface area contributed by atoms with Gasteiger partial charge in [-0.1, -0.05) is 17.5 Å². The fraction of sp³-hybridized carbons (Fsp3) is 0.182. The molecule has 4 heteroatoms. The summed E-state index contributed by atoms with van der Waals surface area (Å²) in [6, 6.07) is 4.28.